The summed E-state index contributed by atoms with van der Waals surface area (Å²) in [4.78, 5) is 10.8. The van der Waals surface area contributed by atoms with Crippen molar-refractivity contribution in [2.75, 3.05) is 19.5 Å². The van der Waals surface area contributed by atoms with Gasteiger partial charge >= 0.3 is 5.97 Å². The number of hydrogen-bond acceptors (Lipinski definition) is 7. The third kappa shape index (κ3) is 2.39. The maximum Gasteiger partial charge on any atom is 0.374 e. The van der Waals surface area contributed by atoms with Crippen molar-refractivity contribution in [3.8, 4) is 22.8 Å². The van der Waals surface area contributed by atoms with E-state index in [9.17, 15) is 13.2 Å². The summed E-state index contributed by atoms with van der Waals surface area (Å²) in [5, 5.41) is 12.5. The molecule has 2 aromatic rings. The van der Waals surface area contributed by atoms with Crippen molar-refractivity contribution < 1.29 is 32.3 Å². The quantitative estimate of drug-likeness (QED) is 0.895. The number of nitrogens with zero attached hydrogens (tertiary/aromatic N) is 1. The van der Waals surface area contributed by atoms with Crippen LogP contribution in [0.3, 0.4) is 0 Å². The number of aromatic nitrogens is 1. The summed E-state index contributed by atoms with van der Waals surface area (Å²) in [7, 11) is -3.67. The molecule has 2 heterocycles. The minimum Gasteiger partial charge on any atom is -0.486 e. The average molecular weight is 325 g/mol. The van der Waals surface area contributed by atoms with Crippen molar-refractivity contribution in [3.63, 3.8) is 0 Å². The van der Waals surface area contributed by atoms with Gasteiger partial charge in [-0.05, 0) is 12.1 Å². The number of sulfone groups is 1. The van der Waals surface area contributed by atoms with Gasteiger partial charge in [-0.15, -0.1) is 0 Å². The molecule has 0 saturated heterocycles. The highest BCUT2D eigenvalue weighted by Crippen LogP contribution is 2.42. The second kappa shape index (κ2) is 5.02. The van der Waals surface area contributed by atoms with Crippen LogP contribution in [0.1, 0.15) is 10.6 Å². The molecule has 0 spiro atoms. The summed E-state index contributed by atoms with van der Waals surface area (Å²) in [6, 6.07) is 4.18. The topological polar surface area (TPSA) is 116 Å². The van der Waals surface area contributed by atoms with Crippen LogP contribution in [0.4, 0.5) is 0 Å². The molecule has 1 aromatic carbocycles. The van der Waals surface area contributed by atoms with Crippen LogP contribution in [0.25, 0.3) is 11.3 Å². The van der Waals surface area contributed by atoms with Gasteiger partial charge < -0.3 is 19.1 Å². The Bertz CT molecular complexity index is 853. The van der Waals surface area contributed by atoms with E-state index in [-0.39, 0.29) is 34.3 Å². The lowest BCUT2D eigenvalue weighted by Gasteiger charge is -2.21. The predicted octanol–water partition coefficient (Wildman–Crippen LogP) is 1.21. The fourth-order valence-electron chi connectivity index (χ4n) is 2.16. The van der Waals surface area contributed by atoms with Crippen LogP contribution in [0.15, 0.2) is 27.6 Å². The zero-order valence-electron chi connectivity index (χ0n) is 11.4. The smallest absolute Gasteiger partial charge is 0.374 e. The lowest BCUT2D eigenvalue weighted by atomic mass is 10.1. The summed E-state index contributed by atoms with van der Waals surface area (Å²) < 4.78 is 39.7. The van der Waals surface area contributed by atoms with Crippen LogP contribution in [-0.2, 0) is 9.84 Å². The van der Waals surface area contributed by atoms with Gasteiger partial charge in [0, 0.05) is 17.9 Å². The van der Waals surface area contributed by atoms with Crippen molar-refractivity contribution in [2.24, 2.45) is 0 Å². The fraction of sp³-hybridized carbons (Fsp3) is 0.231. The highest BCUT2D eigenvalue weighted by molar-refractivity contribution is 7.91. The molecule has 0 saturated carbocycles. The van der Waals surface area contributed by atoms with E-state index >= 15 is 0 Å². The molecule has 1 aliphatic rings. The number of carboxylic acids is 1. The van der Waals surface area contributed by atoms with E-state index in [2.05, 4.69) is 9.68 Å². The molecule has 3 rings (SSSR count). The van der Waals surface area contributed by atoms with Crippen LogP contribution in [0.5, 0.6) is 11.5 Å². The third-order valence-corrected chi connectivity index (χ3v) is 4.18. The number of benzene rings is 1. The number of carboxylic acid groups (broad SMARTS) is 1. The highest BCUT2D eigenvalue weighted by atomic mass is 32.2. The Hall–Kier alpha value is -2.55. The molecule has 9 heteroatoms. The maximum absolute atomic E-state index is 12.1. The molecule has 22 heavy (non-hydrogen) atoms. The van der Waals surface area contributed by atoms with Crippen molar-refractivity contribution in [3.05, 3.63) is 24.0 Å². The first-order chi connectivity index (χ1) is 10.4. The van der Waals surface area contributed by atoms with E-state index < -0.39 is 15.8 Å². The van der Waals surface area contributed by atoms with Crippen LogP contribution < -0.4 is 9.47 Å². The van der Waals surface area contributed by atoms with E-state index in [1.54, 1.807) is 6.07 Å². The summed E-state index contributed by atoms with van der Waals surface area (Å²) >= 11 is 0. The van der Waals surface area contributed by atoms with E-state index in [4.69, 9.17) is 14.6 Å². The van der Waals surface area contributed by atoms with Gasteiger partial charge in [0.2, 0.25) is 5.76 Å². The van der Waals surface area contributed by atoms with E-state index in [0.717, 1.165) is 12.3 Å². The van der Waals surface area contributed by atoms with Crippen LogP contribution in [0.2, 0.25) is 0 Å². The zero-order valence-corrected chi connectivity index (χ0v) is 12.2. The first-order valence-electron chi connectivity index (χ1n) is 6.21. The highest BCUT2D eigenvalue weighted by Gasteiger charge is 2.28. The molecule has 0 atom stereocenters. The Morgan fingerprint density at radius 1 is 1.27 bits per heavy atom. The average Bonchev–Trinajstić information content (AvgIpc) is 2.95. The number of rotatable bonds is 3. The molecular formula is C13H11NO7S. The number of carbonyl (C=O) groups is 1. The lowest BCUT2D eigenvalue weighted by molar-refractivity contribution is 0.0652. The summed E-state index contributed by atoms with van der Waals surface area (Å²) in [5.41, 5.74) is 0.290. The van der Waals surface area contributed by atoms with E-state index in [0.29, 0.717) is 12.4 Å². The Balaban J connectivity index is 2.25. The molecule has 1 aromatic heterocycles. The third-order valence-electron chi connectivity index (χ3n) is 3.03. The van der Waals surface area contributed by atoms with Crippen LogP contribution in [-0.4, -0.2) is 44.1 Å². The molecule has 0 aliphatic carbocycles. The SMILES string of the molecule is CS(=O)(=O)c1c(-c2cc(C(=O)O)on2)ccc2c1OCCO2. The summed E-state index contributed by atoms with van der Waals surface area (Å²) in [6.45, 7) is 0.542. The molecule has 0 amide bonds. The Labute approximate surface area is 125 Å². The standard InChI is InChI=1S/C13H11NO7S/c1-22(17,18)12-7(8-6-10(13(15)16)21-14-8)2-3-9-11(12)20-5-4-19-9/h2-3,6H,4-5H2,1H3,(H,15,16). The van der Waals surface area contributed by atoms with Crippen molar-refractivity contribution in [1.82, 2.24) is 5.16 Å². The van der Waals surface area contributed by atoms with Crippen LogP contribution >= 0.6 is 0 Å². The molecule has 1 N–H and O–H groups in total. The van der Waals surface area contributed by atoms with Gasteiger partial charge in [-0.2, -0.15) is 0 Å². The summed E-state index contributed by atoms with van der Waals surface area (Å²) in [5.74, 6) is -1.26. The van der Waals surface area contributed by atoms with Crippen LogP contribution in [0, 0.1) is 0 Å². The van der Waals surface area contributed by atoms with Gasteiger partial charge in [-0.25, -0.2) is 13.2 Å². The zero-order chi connectivity index (χ0) is 15.9. The van der Waals surface area contributed by atoms with Gasteiger partial charge in [0.1, 0.15) is 23.8 Å². The minimum absolute atomic E-state index is 0.0924. The van der Waals surface area contributed by atoms with E-state index in [1.165, 1.54) is 6.07 Å². The Kier molecular flexibility index (Phi) is 3.28. The molecule has 1 aliphatic heterocycles. The van der Waals surface area contributed by atoms with Gasteiger partial charge in [-0.1, -0.05) is 5.16 Å². The predicted molar refractivity (Wildman–Crippen MR) is 73.0 cm³/mol. The van der Waals surface area contributed by atoms with Crippen molar-refractivity contribution >= 4 is 15.8 Å². The number of aromatic carboxylic acids is 1. The summed E-state index contributed by atoms with van der Waals surface area (Å²) in [6.07, 6.45) is 1.03. The second-order valence-electron chi connectivity index (χ2n) is 4.62. The van der Waals surface area contributed by atoms with Gasteiger partial charge in [-0.3, -0.25) is 0 Å². The maximum atomic E-state index is 12.1. The lowest BCUT2D eigenvalue weighted by Crippen LogP contribution is -2.18. The number of fused-ring (bicyclic) bond motifs is 1. The monoisotopic (exact) mass is 325 g/mol. The normalized spacial score (nSPS) is 13.9. The first kappa shape index (κ1) is 14.4. The fourth-order valence-corrected chi connectivity index (χ4v) is 3.23. The van der Waals surface area contributed by atoms with Crippen molar-refractivity contribution in [2.45, 2.75) is 4.90 Å². The largest absolute Gasteiger partial charge is 0.486 e. The molecule has 0 unspecified atom stereocenters. The second-order valence-corrected chi connectivity index (χ2v) is 6.57. The number of hydrogen-bond donors (Lipinski definition) is 1. The Morgan fingerprint density at radius 2 is 2.00 bits per heavy atom. The Morgan fingerprint density at radius 3 is 2.64 bits per heavy atom. The molecular weight excluding hydrogens is 314 g/mol. The molecule has 0 fully saturated rings. The van der Waals surface area contributed by atoms with Crippen molar-refractivity contribution in [1.29, 1.82) is 0 Å². The molecule has 116 valence electrons. The first-order valence-corrected chi connectivity index (χ1v) is 8.10. The molecule has 0 radical (unpaired) electrons. The molecule has 8 nitrogen and oxygen atoms in total. The number of ether oxygens (including phenoxy) is 2. The van der Waals surface area contributed by atoms with Gasteiger partial charge in [0.15, 0.2) is 21.3 Å². The van der Waals surface area contributed by atoms with Gasteiger partial charge in [0.25, 0.3) is 0 Å². The molecule has 0 bridgehead atoms. The van der Waals surface area contributed by atoms with Gasteiger partial charge in [0.05, 0.1) is 0 Å². The minimum atomic E-state index is -3.67. The van der Waals surface area contributed by atoms with E-state index in [1.807, 2.05) is 0 Å².